The van der Waals surface area contributed by atoms with Gasteiger partial charge in [-0.25, -0.2) is 9.97 Å². The van der Waals surface area contributed by atoms with Crippen LogP contribution in [0, 0.1) is 0 Å². The lowest BCUT2D eigenvalue weighted by molar-refractivity contribution is 0.0879. The fourth-order valence-corrected chi connectivity index (χ4v) is 2.52. The van der Waals surface area contributed by atoms with Crippen molar-refractivity contribution in [1.29, 1.82) is 0 Å². The molecule has 1 aliphatic heterocycles. The summed E-state index contributed by atoms with van der Waals surface area (Å²) in [5, 5.41) is 8.26. The fraction of sp³-hybridized carbons (Fsp3) is 0.0769. The van der Waals surface area contributed by atoms with Gasteiger partial charge in [-0.1, -0.05) is 0 Å². The summed E-state index contributed by atoms with van der Waals surface area (Å²) in [5.74, 6) is 0.430. The first-order chi connectivity index (χ1) is 10.1. The number of anilines is 3. The number of nitrogens with one attached hydrogen (secondary N) is 3. The van der Waals surface area contributed by atoms with E-state index in [-0.39, 0.29) is 5.91 Å². The van der Waals surface area contributed by atoms with Crippen molar-refractivity contribution in [2.45, 2.75) is 0 Å². The van der Waals surface area contributed by atoms with Crippen LogP contribution in [0.25, 0.3) is 0 Å². The third kappa shape index (κ3) is 2.33. The Bertz CT molecular complexity index is 762. The average molecular weight is 348 g/mol. The molecular formula is C13H10BrN5O2. The largest absolute Gasteiger partial charge is 0.372 e. The van der Waals surface area contributed by atoms with Gasteiger partial charge in [0.2, 0.25) is 0 Å². The van der Waals surface area contributed by atoms with Crippen LogP contribution in [0.5, 0.6) is 0 Å². The normalized spacial score (nSPS) is 12.9. The van der Waals surface area contributed by atoms with E-state index in [4.69, 9.17) is 0 Å². The van der Waals surface area contributed by atoms with Crippen molar-refractivity contribution in [3.8, 4) is 0 Å². The topological polar surface area (TPSA) is 96.0 Å². The maximum atomic E-state index is 11.6. The van der Waals surface area contributed by atoms with Crippen molar-refractivity contribution in [3.63, 3.8) is 0 Å². The van der Waals surface area contributed by atoms with E-state index in [1.165, 1.54) is 6.33 Å². The molecule has 2 amide bonds. The highest BCUT2D eigenvalue weighted by atomic mass is 79.9. The molecule has 2 aromatic rings. The number of fused-ring (bicyclic) bond motifs is 1. The summed E-state index contributed by atoms with van der Waals surface area (Å²) in [6, 6.07) is 4.93. The molecule has 0 saturated carbocycles. The summed E-state index contributed by atoms with van der Waals surface area (Å²) < 4.78 is 0.675. The molecule has 2 heterocycles. The molecule has 1 aliphatic rings. The average Bonchev–Trinajstić information content (AvgIpc) is 2.76. The monoisotopic (exact) mass is 347 g/mol. The zero-order chi connectivity index (χ0) is 15.0. The van der Waals surface area contributed by atoms with Gasteiger partial charge >= 0.3 is 0 Å². The van der Waals surface area contributed by atoms with Gasteiger partial charge in [0.15, 0.2) is 0 Å². The Hall–Kier alpha value is -2.48. The number of hydrogen-bond acceptors (Lipinski definition) is 6. The van der Waals surface area contributed by atoms with E-state index >= 15 is 0 Å². The van der Waals surface area contributed by atoms with Crippen molar-refractivity contribution < 1.29 is 9.59 Å². The lowest BCUT2D eigenvalue weighted by Gasteiger charge is -2.10. The van der Waals surface area contributed by atoms with Crippen LogP contribution in [-0.4, -0.2) is 28.8 Å². The Morgan fingerprint density at radius 3 is 2.57 bits per heavy atom. The van der Waals surface area contributed by atoms with Crippen molar-refractivity contribution >= 4 is 45.1 Å². The molecule has 106 valence electrons. The maximum absolute atomic E-state index is 11.6. The summed E-state index contributed by atoms with van der Waals surface area (Å²) in [5.41, 5.74) is 1.38. The number of amides is 2. The standard InChI is InChI=1S/C13H10BrN5O2/c1-15-10-9(14)11(17-5-16-10)18-6-2-3-7-8(4-6)13(21)19-12(7)20/h2-5H,1H3,(H,19,20,21)(H2,15,16,17,18). The van der Waals surface area contributed by atoms with Gasteiger partial charge in [-0.2, -0.15) is 0 Å². The molecule has 0 bridgehead atoms. The number of carbonyl (C=O) groups excluding carboxylic acids is 2. The van der Waals surface area contributed by atoms with Gasteiger partial charge in [-0.3, -0.25) is 14.9 Å². The van der Waals surface area contributed by atoms with E-state index in [1.54, 1.807) is 25.2 Å². The molecular weight excluding hydrogens is 338 g/mol. The third-order valence-corrected chi connectivity index (χ3v) is 3.78. The minimum absolute atomic E-state index is 0.351. The van der Waals surface area contributed by atoms with Crippen LogP contribution in [0.2, 0.25) is 0 Å². The fourth-order valence-electron chi connectivity index (χ4n) is 2.01. The number of aromatic nitrogens is 2. The maximum Gasteiger partial charge on any atom is 0.259 e. The van der Waals surface area contributed by atoms with E-state index < -0.39 is 5.91 Å². The van der Waals surface area contributed by atoms with Crippen molar-refractivity contribution in [1.82, 2.24) is 15.3 Å². The summed E-state index contributed by atoms with van der Waals surface area (Å²) in [6.07, 6.45) is 1.42. The summed E-state index contributed by atoms with van der Waals surface area (Å²) in [4.78, 5) is 31.3. The van der Waals surface area contributed by atoms with Crippen LogP contribution in [-0.2, 0) is 0 Å². The third-order valence-electron chi connectivity index (χ3n) is 3.02. The van der Waals surface area contributed by atoms with Crippen LogP contribution in [0.3, 0.4) is 0 Å². The van der Waals surface area contributed by atoms with E-state index in [0.717, 1.165) is 0 Å². The highest BCUT2D eigenvalue weighted by Crippen LogP contribution is 2.29. The molecule has 0 unspecified atom stereocenters. The Morgan fingerprint density at radius 2 is 1.81 bits per heavy atom. The quantitative estimate of drug-likeness (QED) is 0.734. The smallest absolute Gasteiger partial charge is 0.259 e. The molecule has 21 heavy (non-hydrogen) atoms. The van der Waals surface area contributed by atoms with E-state index in [0.29, 0.717) is 32.9 Å². The molecule has 0 fully saturated rings. The number of hydrogen-bond donors (Lipinski definition) is 3. The predicted octanol–water partition coefficient (Wildman–Crippen LogP) is 1.91. The summed E-state index contributed by atoms with van der Waals surface area (Å²) >= 11 is 3.40. The Balaban J connectivity index is 1.95. The first-order valence-electron chi connectivity index (χ1n) is 6.05. The number of rotatable bonds is 3. The number of halogens is 1. The minimum atomic E-state index is -0.392. The van der Waals surface area contributed by atoms with E-state index in [1.807, 2.05) is 0 Å². The minimum Gasteiger partial charge on any atom is -0.372 e. The first-order valence-corrected chi connectivity index (χ1v) is 6.84. The number of nitrogens with zero attached hydrogens (tertiary/aromatic N) is 2. The lowest BCUT2D eigenvalue weighted by atomic mass is 10.1. The second kappa shape index (κ2) is 5.13. The Morgan fingerprint density at radius 1 is 1.10 bits per heavy atom. The molecule has 7 nitrogen and oxygen atoms in total. The summed E-state index contributed by atoms with van der Waals surface area (Å²) in [6.45, 7) is 0. The Labute approximate surface area is 128 Å². The Kier molecular flexibility index (Phi) is 3.30. The molecule has 8 heteroatoms. The second-order valence-corrected chi connectivity index (χ2v) is 5.10. The molecule has 0 saturated heterocycles. The molecule has 1 aromatic carbocycles. The lowest BCUT2D eigenvalue weighted by Crippen LogP contribution is -2.19. The zero-order valence-electron chi connectivity index (χ0n) is 10.9. The van der Waals surface area contributed by atoms with Crippen LogP contribution < -0.4 is 16.0 Å². The van der Waals surface area contributed by atoms with Gasteiger partial charge in [-0.15, -0.1) is 0 Å². The highest BCUT2D eigenvalue weighted by Gasteiger charge is 2.26. The molecule has 0 radical (unpaired) electrons. The van der Waals surface area contributed by atoms with Gasteiger partial charge in [0, 0.05) is 12.7 Å². The molecule has 0 atom stereocenters. The number of benzene rings is 1. The molecule has 3 N–H and O–H groups in total. The van der Waals surface area contributed by atoms with Gasteiger partial charge in [0.05, 0.1) is 11.1 Å². The molecule has 0 aliphatic carbocycles. The van der Waals surface area contributed by atoms with Crippen LogP contribution >= 0.6 is 15.9 Å². The molecule has 1 aromatic heterocycles. The summed E-state index contributed by atoms with van der Waals surface area (Å²) in [7, 11) is 1.75. The predicted molar refractivity (Wildman–Crippen MR) is 80.8 cm³/mol. The highest BCUT2D eigenvalue weighted by molar-refractivity contribution is 9.10. The van der Waals surface area contributed by atoms with Crippen LogP contribution in [0.4, 0.5) is 17.3 Å². The van der Waals surface area contributed by atoms with Crippen molar-refractivity contribution in [2.75, 3.05) is 17.7 Å². The van der Waals surface area contributed by atoms with Gasteiger partial charge in [-0.05, 0) is 34.1 Å². The zero-order valence-corrected chi connectivity index (χ0v) is 12.5. The molecule has 3 rings (SSSR count). The number of imide groups is 1. The van der Waals surface area contributed by atoms with Gasteiger partial charge < -0.3 is 10.6 Å². The van der Waals surface area contributed by atoms with Gasteiger partial charge in [0.25, 0.3) is 11.8 Å². The molecule has 0 spiro atoms. The van der Waals surface area contributed by atoms with Crippen molar-refractivity contribution in [3.05, 3.63) is 40.1 Å². The van der Waals surface area contributed by atoms with Crippen LogP contribution in [0.1, 0.15) is 20.7 Å². The second-order valence-electron chi connectivity index (χ2n) is 4.30. The number of carbonyl (C=O) groups is 2. The SMILES string of the molecule is CNc1ncnc(Nc2ccc3c(c2)C(=O)NC3=O)c1Br. The van der Waals surface area contributed by atoms with Gasteiger partial charge in [0.1, 0.15) is 22.4 Å². The van der Waals surface area contributed by atoms with E-state index in [9.17, 15) is 9.59 Å². The van der Waals surface area contributed by atoms with E-state index in [2.05, 4.69) is 41.8 Å². The van der Waals surface area contributed by atoms with Crippen LogP contribution in [0.15, 0.2) is 29.0 Å². The van der Waals surface area contributed by atoms with Crippen molar-refractivity contribution in [2.24, 2.45) is 0 Å². The first kappa shape index (κ1) is 13.5.